The number of likely N-dealkylation sites (N-methyl/N-ethyl adjacent to an activating group) is 1. The maximum atomic E-state index is 4.28. The number of aryl methyl sites for hydroxylation is 1. The van der Waals surface area contributed by atoms with E-state index in [1.165, 1.54) is 62.2 Å². The lowest BCUT2D eigenvalue weighted by Gasteiger charge is -2.35. The molecule has 1 unspecified atom stereocenters. The Kier molecular flexibility index (Phi) is 13.0. The molecule has 1 aliphatic rings. The molecule has 1 atom stereocenters. The molecular formula is C28H44N2. The van der Waals surface area contributed by atoms with Gasteiger partial charge in [-0.3, -0.25) is 0 Å². The van der Waals surface area contributed by atoms with Crippen molar-refractivity contribution in [3.8, 4) is 12.8 Å². The van der Waals surface area contributed by atoms with E-state index in [1.807, 2.05) is 0 Å². The van der Waals surface area contributed by atoms with Gasteiger partial charge in [-0.2, -0.15) is 0 Å². The number of likely N-dealkylation sites (tertiary alicyclic amines) is 1. The third kappa shape index (κ3) is 8.80. The van der Waals surface area contributed by atoms with Crippen LogP contribution in [0.5, 0.6) is 0 Å². The number of hydrogen-bond acceptors (Lipinski definition) is 2. The minimum absolute atomic E-state index is 0.457. The summed E-state index contributed by atoms with van der Waals surface area (Å²) in [6.07, 6.45) is 17.8. The van der Waals surface area contributed by atoms with Gasteiger partial charge < -0.3 is 9.80 Å². The van der Waals surface area contributed by atoms with Crippen molar-refractivity contribution in [1.29, 1.82) is 0 Å². The van der Waals surface area contributed by atoms with Crippen molar-refractivity contribution in [2.45, 2.75) is 59.3 Å². The summed E-state index contributed by atoms with van der Waals surface area (Å²) in [5.74, 6) is 1.36. The first-order valence-electron chi connectivity index (χ1n) is 11.7. The van der Waals surface area contributed by atoms with Crippen LogP contribution in [0, 0.1) is 24.7 Å². The van der Waals surface area contributed by atoms with Gasteiger partial charge in [-0.05, 0) is 63.1 Å². The molecule has 1 aliphatic heterocycles. The zero-order chi connectivity index (χ0) is 22.4. The van der Waals surface area contributed by atoms with Gasteiger partial charge in [0.25, 0.3) is 0 Å². The summed E-state index contributed by atoms with van der Waals surface area (Å²) >= 11 is 0. The van der Waals surface area contributed by atoms with E-state index >= 15 is 0 Å². The van der Waals surface area contributed by atoms with Gasteiger partial charge in [0, 0.05) is 31.8 Å². The van der Waals surface area contributed by atoms with Crippen LogP contribution >= 0.6 is 0 Å². The SMILES string of the molecule is C#C.C=C(CC)C(C)C(=CCC)N(C)CCN1CCC(CCc2ccccc2)CC1. The molecule has 0 bridgehead atoms. The molecule has 0 aliphatic carbocycles. The highest BCUT2D eigenvalue weighted by molar-refractivity contribution is 5.17. The smallest absolute Gasteiger partial charge is 0.0299 e. The topological polar surface area (TPSA) is 6.48 Å². The van der Waals surface area contributed by atoms with Crippen LogP contribution in [0.2, 0.25) is 0 Å². The van der Waals surface area contributed by atoms with Crippen molar-refractivity contribution in [2.75, 3.05) is 33.2 Å². The van der Waals surface area contributed by atoms with E-state index in [2.05, 4.69) is 93.5 Å². The summed E-state index contributed by atoms with van der Waals surface area (Å²) in [7, 11) is 2.26. The van der Waals surface area contributed by atoms with E-state index in [9.17, 15) is 0 Å². The van der Waals surface area contributed by atoms with Gasteiger partial charge in [-0.15, -0.1) is 12.8 Å². The van der Waals surface area contributed by atoms with Gasteiger partial charge in [0.1, 0.15) is 0 Å². The summed E-state index contributed by atoms with van der Waals surface area (Å²) in [5.41, 5.74) is 4.28. The molecule has 0 aromatic heterocycles. The molecule has 2 rings (SSSR count). The number of terminal acetylenes is 1. The minimum atomic E-state index is 0.457. The molecule has 1 heterocycles. The van der Waals surface area contributed by atoms with Crippen molar-refractivity contribution in [3.05, 3.63) is 59.8 Å². The summed E-state index contributed by atoms with van der Waals surface area (Å²) in [4.78, 5) is 5.13. The van der Waals surface area contributed by atoms with E-state index in [0.717, 1.165) is 25.3 Å². The highest BCUT2D eigenvalue weighted by Gasteiger charge is 2.20. The zero-order valence-corrected chi connectivity index (χ0v) is 19.9. The zero-order valence-electron chi connectivity index (χ0n) is 19.9. The number of piperidine rings is 1. The Labute approximate surface area is 187 Å². The largest absolute Gasteiger partial charge is 0.376 e. The summed E-state index contributed by atoms with van der Waals surface area (Å²) in [6.45, 7) is 15.8. The highest BCUT2D eigenvalue weighted by atomic mass is 15.2. The number of nitrogens with zero attached hydrogens (tertiary/aromatic N) is 2. The van der Waals surface area contributed by atoms with Crippen molar-refractivity contribution >= 4 is 0 Å². The molecule has 2 nitrogen and oxygen atoms in total. The lowest BCUT2D eigenvalue weighted by atomic mass is 9.90. The van der Waals surface area contributed by atoms with E-state index in [0.29, 0.717) is 5.92 Å². The van der Waals surface area contributed by atoms with E-state index in [4.69, 9.17) is 0 Å². The van der Waals surface area contributed by atoms with Crippen LogP contribution in [0.1, 0.15) is 58.4 Å². The highest BCUT2D eigenvalue weighted by Crippen LogP contribution is 2.25. The first-order valence-corrected chi connectivity index (χ1v) is 11.7. The average Bonchev–Trinajstić information content (AvgIpc) is 2.81. The standard InChI is InChI=1S/C26H42N2.C2H2/c1-6-11-26(23(4)22(3)7-2)27(5)20-21-28-18-16-25(17-19-28)15-14-24-12-9-8-10-13-24;1-2/h8-13,23,25H,3,6-7,14-21H2,1-2,4-5H3;1-2H. The molecule has 1 saturated heterocycles. The number of hydrogen-bond donors (Lipinski definition) is 0. The number of allylic oxidation sites excluding steroid dienone is 2. The van der Waals surface area contributed by atoms with Gasteiger partial charge >= 0.3 is 0 Å². The predicted octanol–water partition coefficient (Wildman–Crippen LogP) is 6.41. The Morgan fingerprint density at radius 3 is 2.40 bits per heavy atom. The fourth-order valence-electron chi connectivity index (χ4n) is 4.32. The molecule has 1 fully saturated rings. The molecule has 166 valence electrons. The first kappa shape index (κ1) is 26.1. The second-order valence-corrected chi connectivity index (χ2v) is 8.50. The molecule has 0 amide bonds. The molecule has 0 N–H and O–H groups in total. The second kappa shape index (κ2) is 14.9. The Morgan fingerprint density at radius 2 is 1.83 bits per heavy atom. The molecule has 2 heteroatoms. The summed E-state index contributed by atoms with van der Waals surface area (Å²) in [6, 6.07) is 11.0. The Morgan fingerprint density at radius 1 is 1.20 bits per heavy atom. The van der Waals surface area contributed by atoms with Crippen LogP contribution in [0.3, 0.4) is 0 Å². The fraction of sp³-hybridized carbons (Fsp3) is 0.571. The van der Waals surface area contributed by atoms with Crippen molar-refractivity contribution in [3.63, 3.8) is 0 Å². The van der Waals surface area contributed by atoms with Crippen LogP contribution in [-0.4, -0.2) is 43.0 Å². The van der Waals surface area contributed by atoms with Crippen LogP contribution in [0.4, 0.5) is 0 Å². The fourth-order valence-corrected chi connectivity index (χ4v) is 4.32. The van der Waals surface area contributed by atoms with Crippen molar-refractivity contribution in [1.82, 2.24) is 9.80 Å². The predicted molar refractivity (Wildman–Crippen MR) is 133 cm³/mol. The Bertz CT molecular complexity index is 635. The average molecular weight is 409 g/mol. The molecule has 0 spiro atoms. The monoisotopic (exact) mass is 408 g/mol. The van der Waals surface area contributed by atoms with Crippen LogP contribution in [-0.2, 0) is 6.42 Å². The molecular weight excluding hydrogens is 364 g/mol. The third-order valence-electron chi connectivity index (χ3n) is 6.51. The van der Waals surface area contributed by atoms with E-state index in [-0.39, 0.29) is 0 Å². The van der Waals surface area contributed by atoms with Crippen LogP contribution in [0.25, 0.3) is 0 Å². The van der Waals surface area contributed by atoms with Gasteiger partial charge in [0.15, 0.2) is 0 Å². The molecule has 0 saturated carbocycles. The maximum Gasteiger partial charge on any atom is 0.0299 e. The van der Waals surface area contributed by atoms with Gasteiger partial charge in [-0.25, -0.2) is 0 Å². The normalized spacial score (nSPS) is 16.4. The number of rotatable bonds is 11. The Balaban J connectivity index is 0.00000218. The van der Waals surface area contributed by atoms with Gasteiger partial charge in [-0.1, -0.05) is 69.3 Å². The summed E-state index contributed by atoms with van der Waals surface area (Å²) < 4.78 is 0. The summed E-state index contributed by atoms with van der Waals surface area (Å²) in [5, 5.41) is 0. The van der Waals surface area contributed by atoms with Gasteiger partial charge in [0.2, 0.25) is 0 Å². The molecule has 0 radical (unpaired) electrons. The van der Waals surface area contributed by atoms with Crippen LogP contribution in [0.15, 0.2) is 54.3 Å². The maximum absolute atomic E-state index is 4.28. The first-order chi connectivity index (χ1) is 14.5. The minimum Gasteiger partial charge on any atom is -0.376 e. The quantitative estimate of drug-likeness (QED) is 0.308. The van der Waals surface area contributed by atoms with Crippen molar-refractivity contribution in [2.24, 2.45) is 11.8 Å². The lowest BCUT2D eigenvalue weighted by Crippen LogP contribution is -2.39. The second-order valence-electron chi connectivity index (χ2n) is 8.50. The molecule has 1 aromatic rings. The molecule has 30 heavy (non-hydrogen) atoms. The lowest BCUT2D eigenvalue weighted by molar-refractivity contribution is 0.166. The van der Waals surface area contributed by atoms with Crippen molar-refractivity contribution < 1.29 is 0 Å². The van der Waals surface area contributed by atoms with Crippen LogP contribution < -0.4 is 0 Å². The molecule has 1 aromatic carbocycles. The van der Waals surface area contributed by atoms with E-state index in [1.54, 1.807) is 0 Å². The number of benzene rings is 1. The van der Waals surface area contributed by atoms with E-state index < -0.39 is 0 Å². The third-order valence-corrected chi connectivity index (χ3v) is 6.51. The Hall–Kier alpha value is -1.98. The van der Waals surface area contributed by atoms with Gasteiger partial charge in [0.05, 0.1) is 0 Å².